The van der Waals surface area contributed by atoms with E-state index in [4.69, 9.17) is 0 Å². The lowest BCUT2D eigenvalue weighted by Gasteiger charge is -2.31. The van der Waals surface area contributed by atoms with Gasteiger partial charge in [-0.05, 0) is 85.5 Å². The standard InChI is InChI=1S/C33H34FN3O3/c1-2-36-16-13-26(22-36)33(40)21-24-5-12-31(30(34)19-24)35-27-8-3-23(4-9-27)20-32(39)25-6-10-28(11-7-25)37-17-14-29(38)15-18-37/h3-13,16,19,22,29,35,38H,2,14-15,17-18,20-21H2,1H3. The Morgan fingerprint density at radius 3 is 2.17 bits per heavy atom. The molecule has 2 N–H and O–H groups in total. The summed E-state index contributed by atoms with van der Waals surface area (Å²) in [5, 5.41) is 12.8. The highest BCUT2D eigenvalue weighted by Gasteiger charge is 2.18. The van der Waals surface area contributed by atoms with Gasteiger partial charge in [-0.1, -0.05) is 18.2 Å². The molecule has 1 aliphatic rings. The number of nitrogens with one attached hydrogen (secondary N) is 1. The van der Waals surface area contributed by atoms with Gasteiger partial charge >= 0.3 is 0 Å². The van der Waals surface area contributed by atoms with Crippen molar-refractivity contribution >= 4 is 28.6 Å². The summed E-state index contributed by atoms with van der Waals surface area (Å²) in [6.07, 6.45) is 5.39. The lowest BCUT2D eigenvalue weighted by molar-refractivity contribution is 0.0984. The summed E-state index contributed by atoms with van der Waals surface area (Å²) in [4.78, 5) is 27.6. The quantitative estimate of drug-likeness (QED) is 0.235. The van der Waals surface area contributed by atoms with Gasteiger partial charge in [0.2, 0.25) is 0 Å². The van der Waals surface area contributed by atoms with E-state index in [1.165, 1.54) is 6.07 Å². The Balaban J connectivity index is 1.15. The predicted molar refractivity (Wildman–Crippen MR) is 156 cm³/mol. The topological polar surface area (TPSA) is 74.6 Å². The van der Waals surface area contributed by atoms with Crippen molar-refractivity contribution in [1.29, 1.82) is 0 Å². The van der Waals surface area contributed by atoms with Crippen LogP contribution in [0, 0.1) is 5.82 Å². The van der Waals surface area contributed by atoms with Gasteiger partial charge in [0.25, 0.3) is 0 Å². The number of benzene rings is 3. The number of aromatic nitrogens is 1. The molecular weight excluding hydrogens is 505 g/mol. The Hall–Kier alpha value is -4.23. The first kappa shape index (κ1) is 27.3. The number of rotatable bonds is 10. The molecule has 1 fully saturated rings. The van der Waals surface area contributed by atoms with Gasteiger partial charge in [0.1, 0.15) is 5.82 Å². The fraction of sp³-hybridized carbons (Fsp3) is 0.273. The van der Waals surface area contributed by atoms with Gasteiger partial charge in [-0.3, -0.25) is 9.59 Å². The molecule has 1 aliphatic heterocycles. The minimum Gasteiger partial charge on any atom is -0.393 e. The van der Waals surface area contributed by atoms with Crippen LogP contribution in [0.1, 0.15) is 51.6 Å². The van der Waals surface area contributed by atoms with Crippen molar-refractivity contribution in [2.45, 2.75) is 45.3 Å². The number of Topliss-reactive ketones (excluding diaryl/α,β-unsaturated/α-hetero) is 2. The first-order valence-electron chi connectivity index (χ1n) is 13.8. The summed E-state index contributed by atoms with van der Waals surface area (Å²) >= 11 is 0. The van der Waals surface area contributed by atoms with E-state index < -0.39 is 5.82 Å². The molecule has 4 aromatic rings. The molecular formula is C33H34FN3O3. The van der Waals surface area contributed by atoms with Crippen LogP contribution < -0.4 is 10.2 Å². The molecule has 0 amide bonds. The zero-order valence-corrected chi connectivity index (χ0v) is 22.6. The molecule has 0 unspecified atom stereocenters. The van der Waals surface area contributed by atoms with Crippen molar-refractivity contribution < 1.29 is 19.1 Å². The van der Waals surface area contributed by atoms with Crippen LogP contribution >= 0.6 is 0 Å². The number of piperidine rings is 1. The van der Waals surface area contributed by atoms with Gasteiger partial charge in [-0.25, -0.2) is 4.39 Å². The molecule has 40 heavy (non-hydrogen) atoms. The van der Waals surface area contributed by atoms with Gasteiger partial charge in [0, 0.05) is 67.4 Å². The monoisotopic (exact) mass is 539 g/mol. The van der Waals surface area contributed by atoms with Crippen LogP contribution in [-0.4, -0.2) is 40.4 Å². The fourth-order valence-corrected chi connectivity index (χ4v) is 4.99. The van der Waals surface area contributed by atoms with Gasteiger partial charge in [0.15, 0.2) is 11.6 Å². The SMILES string of the molecule is CCn1ccc(C(=O)Cc2ccc(Nc3ccc(CC(=O)c4ccc(N5CCC(O)CC5)cc4)cc3)c(F)c2)c1. The first-order chi connectivity index (χ1) is 19.4. The van der Waals surface area contributed by atoms with Crippen molar-refractivity contribution in [3.05, 3.63) is 113 Å². The number of aliphatic hydroxyl groups excluding tert-OH is 1. The van der Waals surface area contributed by atoms with Gasteiger partial charge in [-0.15, -0.1) is 0 Å². The average Bonchev–Trinajstić information content (AvgIpc) is 3.46. The molecule has 1 saturated heterocycles. The van der Waals surface area contributed by atoms with E-state index in [0.29, 0.717) is 28.1 Å². The maximum atomic E-state index is 14.8. The number of carbonyl (C=O) groups is 2. The van der Waals surface area contributed by atoms with Crippen LogP contribution in [0.2, 0.25) is 0 Å². The number of nitrogens with zero attached hydrogens (tertiary/aromatic N) is 2. The molecule has 0 atom stereocenters. The summed E-state index contributed by atoms with van der Waals surface area (Å²) in [5.41, 5.74) is 4.86. The van der Waals surface area contributed by atoms with Crippen LogP contribution in [0.5, 0.6) is 0 Å². The molecule has 0 aliphatic carbocycles. The average molecular weight is 540 g/mol. The van der Waals surface area contributed by atoms with E-state index in [1.807, 2.05) is 72.4 Å². The number of aliphatic hydroxyl groups is 1. The maximum Gasteiger partial charge on any atom is 0.168 e. The first-order valence-corrected chi connectivity index (χ1v) is 13.8. The molecule has 6 nitrogen and oxygen atoms in total. The summed E-state index contributed by atoms with van der Waals surface area (Å²) < 4.78 is 16.7. The Morgan fingerprint density at radius 2 is 1.52 bits per heavy atom. The summed E-state index contributed by atoms with van der Waals surface area (Å²) in [5.74, 6) is -0.445. The Kier molecular flexibility index (Phi) is 8.41. The molecule has 0 radical (unpaired) electrons. The Bertz CT molecular complexity index is 1470. The number of halogens is 1. The fourth-order valence-electron chi connectivity index (χ4n) is 4.99. The van der Waals surface area contributed by atoms with Gasteiger partial charge in [0.05, 0.1) is 11.8 Å². The molecule has 0 spiro atoms. The van der Waals surface area contributed by atoms with Crippen molar-refractivity contribution in [2.75, 3.05) is 23.3 Å². The Labute approximate surface area is 234 Å². The Morgan fingerprint density at radius 1 is 0.875 bits per heavy atom. The third-order valence-corrected chi connectivity index (χ3v) is 7.45. The van der Waals surface area contributed by atoms with E-state index in [1.54, 1.807) is 18.2 Å². The van der Waals surface area contributed by atoms with E-state index in [-0.39, 0.29) is 30.5 Å². The van der Waals surface area contributed by atoms with Crippen LogP contribution in [0.4, 0.5) is 21.5 Å². The van der Waals surface area contributed by atoms with Crippen molar-refractivity contribution in [2.24, 2.45) is 0 Å². The highest BCUT2D eigenvalue weighted by molar-refractivity contribution is 5.98. The zero-order valence-electron chi connectivity index (χ0n) is 22.6. The zero-order chi connectivity index (χ0) is 28.1. The molecule has 0 bridgehead atoms. The number of aryl methyl sites for hydroxylation is 1. The van der Waals surface area contributed by atoms with Crippen molar-refractivity contribution in [1.82, 2.24) is 4.57 Å². The third kappa shape index (κ3) is 6.66. The lowest BCUT2D eigenvalue weighted by atomic mass is 10.0. The van der Waals surface area contributed by atoms with E-state index >= 15 is 0 Å². The minimum absolute atomic E-state index is 0.0313. The lowest BCUT2D eigenvalue weighted by Crippen LogP contribution is -2.35. The highest BCUT2D eigenvalue weighted by Crippen LogP contribution is 2.24. The van der Waals surface area contributed by atoms with Gasteiger partial charge in [-0.2, -0.15) is 0 Å². The summed E-state index contributed by atoms with van der Waals surface area (Å²) in [7, 11) is 0. The van der Waals surface area contributed by atoms with Crippen LogP contribution in [0.25, 0.3) is 0 Å². The summed E-state index contributed by atoms with van der Waals surface area (Å²) in [6, 6.07) is 21.6. The number of hydrogen-bond donors (Lipinski definition) is 2. The molecule has 5 rings (SSSR count). The minimum atomic E-state index is -0.431. The molecule has 1 aromatic heterocycles. The van der Waals surface area contributed by atoms with E-state index in [9.17, 15) is 19.1 Å². The second kappa shape index (κ2) is 12.3. The molecule has 0 saturated carbocycles. The van der Waals surface area contributed by atoms with Crippen LogP contribution in [0.15, 0.2) is 85.2 Å². The van der Waals surface area contributed by atoms with E-state index in [2.05, 4.69) is 10.2 Å². The summed E-state index contributed by atoms with van der Waals surface area (Å²) in [6.45, 7) is 4.43. The highest BCUT2D eigenvalue weighted by atomic mass is 19.1. The third-order valence-electron chi connectivity index (χ3n) is 7.45. The maximum absolute atomic E-state index is 14.8. The van der Waals surface area contributed by atoms with Gasteiger partial charge < -0.3 is 19.9 Å². The number of hydrogen-bond acceptors (Lipinski definition) is 5. The second-order valence-corrected chi connectivity index (χ2v) is 10.3. The molecule has 7 heteroatoms. The number of anilines is 3. The van der Waals surface area contributed by atoms with Crippen LogP contribution in [-0.2, 0) is 19.4 Å². The van der Waals surface area contributed by atoms with E-state index in [0.717, 1.165) is 43.7 Å². The molecule has 206 valence electrons. The largest absolute Gasteiger partial charge is 0.393 e. The second-order valence-electron chi connectivity index (χ2n) is 10.3. The number of ketones is 2. The normalized spacial score (nSPS) is 13.8. The van der Waals surface area contributed by atoms with Crippen molar-refractivity contribution in [3.63, 3.8) is 0 Å². The van der Waals surface area contributed by atoms with Crippen molar-refractivity contribution in [3.8, 4) is 0 Å². The molecule has 3 aromatic carbocycles. The molecule has 2 heterocycles. The predicted octanol–water partition coefficient (Wildman–Crippen LogP) is 6.20. The van der Waals surface area contributed by atoms with Crippen LogP contribution in [0.3, 0.4) is 0 Å². The number of carbonyl (C=O) groups excluding carboxylic acids is 2. The smallest absolute Gasteiger partial charge is 0.168 e.